The average molecular weight is 494 g/mol. The van der Waals surface area contributed by atoms with Crippen molar-refractivity contribution in [1.82, 2.24) is 4.90 Å². The van der Waals surface area contributed by atoms with Crippen LogP contribution >= 0.6 is 0 Å². The lowest BCUT2D eigenvalue weighted by Crippen LogP contribution is -2.39. The molecule has 0 radical (unpaired) electrons. The number of nitrogens with zero attached hydrogens (tertiary/aromatic N) is 2. The summed E-state index contributed by atoms with van der Waals surface area (Å²) in [5.41, 5.74) is 0.485. The van der Waals surface area contributed by atoms with Crippen LogP contribution in [0.3, 0.4) is 0 Å². The molecule has 2 fully saturated rings. The van der Waals surface area contributed by atoms with E-state index in [0.29, 0.717) is 42.0 Å². The van der Waals surface area contributed by atoms with Crippen LogP contribution in [0.2, 0.25) is 0 Å². The Bertz CT molecular complexity index is 1000. The van der Waals surface area contributed by atoms with Gasteiger partial charge in [0.1, 0.15) is 17.2 Å². The highest BCUT2D eigenvalue weighted by atomic mass is 16.6. The van der Waals surface area contributed by atoms with E-state index in [9.17, 15) is 14.9 Å². The van der Waals surface area contributed by atoms with Crippen molar-refractivity contribution in [3.05, 3.63) is 58.6 Å². The van der Waals surface area contributed by atoms with E-state index in [-0.39, 0.29) is 22.6 Å². The third kappa shape index (κ3) is 6.99. The first-order valence-electron chi connectivity index (χ1n) is 13.5. The number of carbonyl (C=O) groups excluding carboxylic acids is 1. The molecule has 36 heavy (non-hydrogen) atoms. The average Bonchev–Trinajstić information content (AvgIpc) is 2.92. The fourth-order valence-electron chi connectivity index (χ4n) is 5.77. The lowest BCUT2D eigenvalue weighted by atomic mass is 9.82. The molecule has 7 heteroatoms. The number of hydrogen-bond acceptors (Lipinski definition) is 5. The molecule has 0 spiro atoms. The van der Waals surface area contributed by atoms with Crippen molar-refractivity contribution >= 4 is 17.3 Å². The van der Waals surface area contributed by atoms with Gasteiger partial charge in [0.2, 0.25) is 5.91 Å². The predicted molar refractivity (Wildman–Crippen MR) is 142 cm³/mol. The summed E-state index contributed by atoms with van der Waals surface area (Å²) in [7, 11) is 1.94. The van der Waals surface area contributed by atoms with Crippen molar-refractivity contribution in [2.75, 3.05) is 12.4 Å². The third-order valence-electron chi connectivity index (χ3n) is 7.89. The van der Waals surface area contributed by atoms with Gasteiger partial charge < -0.3 is 15.0 Å². The van der Waals surface area contributed by atoms with Crippen LogP contribution in [0.4, 0.5) is 11.4 Å². The molecule has 1 atom stereocenters. The molecular formula is C29H39N3O4. The number of carbonyl (C=O) groups is 1. The zero-order chi connectivity index (χ0) is 25.3. The zero-order valence-corrected chi connectivity index (χ0v) is 21.4. The minimum atomic E-state index is -0.353. The van der Waals surface area contributed by atoms with Gasteiger partial charge in [-0.2, -0.15) is 0 Å². The van der Waals surface area contributed by atoms with E-state index in [1.165, 1.54) is 31.7 Å². The smallest absolute Gasteiger partial charge is 0.292 e. The van der Waals surface area contributed by atoms with E-state index in [2.05, 4.69) is 5.32 Å². The lowest BCUT2D eigenvalue weighted by Gasteiger charge is -2.34. The summed E-state index contributed by atoms with van der Waals surface area (Å²) >= 11 is 0. The van der Waals surface area contributed by atoms with E-state index in [1.54, 1.807) is 12.1 Å². The SMILES string of the molecule is CN(C(=O)CC[C@H](Nc1cc(Oc2ccccc2)ccc1[N+](=O)[O-])C1CCCCC1)C1CCCCC1. The van der Waals surface area contributed by atoms with Gasteiger partial charge in [0.05, 0.1) is 4.92 Å². The highest BCUT2D eigenvalue weighted by Gasteiger charge is 2.28. The number of anilines is 1. The van der Waals surface area contributed by atoms with E-state index in [1.807, 2.05) is 42.3 Å². The largest absolute Gasteiger partial charge is 0.457 e. The van der Waals surface area contributed by atoms with Gasteiger partial charge in [-0.25, -0.2) is 0 Å². The van der Waals surface area contributed by atoms with Gasteiger partial charge in [0.15, 0.2) is 0 Å². The molecule has 2 aliphatic rings. The Labute approximate surface area is 214 Å². The molecule has 2 aromatic rings. The van der Waals surface area contributed by atoms with Crippen LogP contribution in [-0.2, 0) is 4.79 Å². The first kappa shape index (κ1) is 26.0. The second-order valence-corrected chi connectivity index (χ2v) is 10.3. The zero-order valence-electron chi connectivity index (χ0n) is 21.4. The number of nitro benzene ring substituents is 1. The molecule has 0 aliphatic heterocycles. The molecule has 2 aliphatic carbocycles. The predicted octanol–water partition coefficient (Wildman–Crippen LogP) is 7.32. The van der Waals surface area contributed by atoms with Gasteiger partial charge in [0, 0.05) is 37.7 Å². The normalized spacial score (nSPS) is 17.8. The highest BCUT2D eigenvalue weighted by Crippen LogP contribution is 2.36. The Kier molecular flexibility index (Phi) is 9.20. The van der Waals surface area contributed by atoms with E-state index < -0.39 is 0 Å². The van der Waals surface area contributed by atoms with Crippen molar-refractivity contribution in [2.45, 2.75) is 89.1 Å². The van der Waals surface area contributed by atoms with Crippen LogP contribution in [0.25, 0.3) is 0 Å². The van der Waals surface area contributed by atoms with Crippen LogP contribution < -0.4 is 10.1 Å². The standard InChI is InChI=1S/C29H39N3O4/c1-31(23-13-7-3-8-14-23)29(33)20-18-26(22-11-5-2-6-12-22)30-27-21-25(17-19-28(27)32(34)35)36-24-15-9-4-10-16-24/h4,9-10,15-17,19,21-23,26,30H,2-3,5-8,11-14,18,20H2,1H3/t26-/m0/s1. The number of ether oxygens (including phenoxy) is 1. The van der Waals surface area contributed by atoms with Crippen molar-refractivity contribution in [3.63, 3.8) is 0 Å². The Morgan fingerprint density at radius 2 is 1.67 bits per heavy atom. The fraction of sp³-hybridized carbons (Fsp3) is 0.552. The van der Waals surface area contributed by atoms with Gasteiger partial charge in [-0.3, -0.25) is 14.9 Å². The number of nitrogens with one attached hydrogen (secondary N) is 1. The molecule has 0 heterocycles. The minimum absolute atomic E-state index is 0.000295. The van der Waals surface area contributed by atoms with E-state index >= 15 is 0 Å². The van der Waals surface area contributed by atoms with Crippen molar-refractivity contribution in [2.24, 2.45) is 5.92 Å². The van der Waals surface area contributed by atoms with Crippen molar-refractivity contribution in [3.8, 4) is 11.5 Å². The number of benzene rings is 2. The van der Waals surface area contributed by atoms with E-state index in [4.69, 9.17) is 4.74 Å². The minimum Gasteiger partial charge on any atom is -0.457 e. The number of para-hydroxylation sites is 1. The maximum Gasteiger partial charge on any atom is 0.292 e. The van der Waals surface area contributed by atoms with Gasteiger partial charge in [-0.1, -0.05) is 56.7 Å². The van der Waals surface area contributed by atoms with Crippen LogP contribution in [0.1, 0.15) is 77.0 Å². The maximum absolute atomic E-state index is 13.1. The Balaban J connectivity index is 1.50. The van der Waals surface area contributed by atoms with Gasteiger partial charge >= 0.3 is 0 Å². The molecule has 2 aromatic carbocycles. The van der Waals surface area contributed by atoms with Crippen molar-refractivity contribution < 1.29 is 14.5 Å². The third-order valence-corrected chi connectivity index (χ3v) is 7.89. The molecule has 1 N–H and O–H groups in total. The van der Waals surface area contributed by atoms with E-state index in [0.717, 1.165) is 38.5 Å². The Morgan fingerprint density at radius 3 is 2.33 bits per heavy atom. The second-order valence-electron chi connectivity index (χ2n) is 10.3. The summed E-state index contributed by atoms with van der Waals surface area (Å²) in [5, 5.41) is 15.3. The summed E-state index contributed by atoms with van der Waals surface area (Å²) < 4.78 is 5.95. The first-order chi connectivity index (χ1) is 17.5. The highest BCUT2D eigenvalue weighted by molar-refractivity contribution is 5.76. The lowest BCUT2D eigenvalue weighted by molar-refractivity contribution is -0.384. The molecule has 194 valence electrons. The first-order valence-corrected chi connectivity index (χ1v) is 13.5. The maximum atomic E-state index is 13.1. The van der Waals surface area contributed by atoms with Crippen LogP contribution in [0, 0.1) is 16.0 Å². The number of nitro groups is 1. The Hall–Kier alpha value is -3.09. The Morgan fingerprint density at radius 1 is 1.00 bits per heavy atom. The van der Waals surface area contributed by atoms with Crippen LogP contribution in [0.15, 0.2) is 48.5 Å². The van der Waals surface area contributed by atoms with Crippen LogP contribution in [-0.4, -0.2) is 34.9 Å². The molecule has 1 amide bonds. The molecular weight excluding hydrogens is 454 g/mol. The summed E-state index contributed by atoms with van der Waals surface area (Å²) in [6, 6.07) is 14.6. The van der Waals surface area contributed by atoms with Gasteiger partial charge in [-0.05, 0) is 56.2 Å². The van der Waals surface area contributed by atoms with Crippen molar-refractivity contribution in [1.29, 1.82) is 0 Å². The second kappa shape index (κ2) is 12.7. The fourth-order valence-corrected chi connectivity index (χ4v) is 5.77. The summed E-state index contributed by atoms with van der Waals surface area (Å²) in [6.45, 7) is 0. The van der Waals surface area contributed by atoms with Gasteiger partial charge in [0.25, 0.3) is 5.69 Å². The quantitative estimate of drug-likeness (QED) is 0.277. The van der Waals surface area contributed by atoms with Crippen LogP contribution in [0.5, 0.6) is 11.5 Å². The summed E-state index contributed by atoms with van der Waals surface area (Å²) in [6.07, 6.45) is 12.7. The number of amides is 1. The molecule has 7 nitrogen and oxygen atoms in total. The molecule has 0 saturated heterocycles. The summed E-state index contributed by atoms with van der Waals surface area (Å²) in [5.74, 6) is 1.80. The molecule has 0 unspecified atom stereocenters. The monoisotopic (exact) mass is 493 g/mol. The molecule has 2 saturated carbocycles. The molecule has 0 bridgehead atoms. The van der Waals surface area contributed by atoms with Gasteiger partial charge in [-0.15, -0.1) is 0 Å². The number of hydrogen-bond donors (Lipinski definition) is 1. The topological polar surface area (TPSA) is 84.7 Å². The number of rotatable bonds is 10. The molecule has 0 aromatic heterocycles. The molecule has 4 rings (SSSR count). The summed E-state index contributed by atoms with van der Waals surface area (Å²) in [4.78, 5) is 26.5.